The number of alkyl halides is 3. The quantitative estimate of drug-likeness (QED) is 0.838. The van der Waals surface area contributed by atoms with Crippen molar-refractivity contribution < 1.29 is 22.6 Å². The first kappa shape index (κ1) is 14.0. The Morgan fingerprint density at radius 3 is 2.84 bits per heavy atom. The van der Waals surface area contributed by atoms with E-state index in [-0.39, 0.29) is 13.2 Å². The minimum atomic E-state index is -4.28. The highest BCUT2D eigenvalue weighted by molar-refractivity contribution is 5.59. The summed E-state index contributed by atoms with van der Waals surface area (Å²) in [6.07, 6.45) is -2.34. The summed E-state index contributed by atoms with van der Waals surface area (Å²) in [6.45, 7) is -0.251. The monoisotopic (exact) mass is 275 g/mol. The van der Waals surface area contributed by atoms with Gasteiger partial charge in [0.15, 0.2) is 0 Å². The summed E-state index contributed by atoms with van der Waals surface area (Å²) in [7, 11) is 0. The van der Waals surface area contributed by atoms with E-state index in [0.29, 0.717) is 0 Å². The summed E-state index contributed by atoms with van der Waals surface area (Å²) in [5, 5.41) is 3.26. The molecule has 0 amide bonds. The van der Waals surface area contributed by atoms with Crippen LogP contribution in [0.5, 0.6) is 5.75 Å². The van der Waals surface area contributed by atoms with Crippen LogP contribution in [0.4, 0.5) is 18.9 Å². The SMILES string of the molecule is FC(F)(F)COCCOc1cccc2c1CCCN2. The first-order valence-corrected chi connectivity index (χ1v) is 6.19. The van der Waals surface area contributed by atoms with Crippen molar-refractivity contribution >= 4 is 5.69 Å². The Kier molecular flexibility index (Phi) is 4.52. The summed E-state index contributed by atoms with van der Waals surface area (Å²) in [4.78, 5) is 0. The fourth-order valence-electron chi connectivity index (χ4n) is 2.01. The molecule has 1 N–H and O–H groups in total. The van der Waals surface area contributed by atoms with Crippen LogP contribution in [-0.2, 0) is 11.2 Å². The van der Waals surface area contributed by atoms with Gasteiger partial charge in [0.05, 0.1) is 6.61 Å². The standard InChI is InChI=1S/C13H16F3NO2/c14-13(15,16)9-18-7-8-19-12-5-1-4-11-10(12)3-2-6-17-11/h1,4-5,17H,2-3,6-9H2. The summed E-state index contributed by atoms with van der Waals surface area (Å²) in [5.74, 6) is 0.723. The second-order valence-corrected chi connectivity index (χ2v) is 4.33. The first-order valence-electron chi connectivity index (χ1n) is 6.19. The van der Waals surface area contributed by atoms with Crippen LogP contribution in [0.1, 0.15) is 12.0 Å². The van der Waals surface area contributed by atoms with Gasteiger partial charge in [-0.1, -0.05) is 6.07 Å². The third-order valence-corrected chi connectivity index (χ3v) is 2.80. The van der Waals surface area contributed by atoms with Crippen LogP contribution in [0.2, 0.25) is 0 Å². The number of rotatable bonds is 5. The molecule has 3 nitrogen and oxygen atoms in total. The van der Waals surface area contributed by atoms with Gasteiger partial charge in [-0.2, -0.15) is 13.2 Å². The molecule has 0 spiro atoms. The molecule has 0 fully saturated rings. The normalized spacial score (nSPS) is 14.7. The maximum absolute atomic E-state index is 11.9. The zero-order valence-corrected chi connectivity index (χ0v) is 10.4. The molecule has 0 atom stereocenters. The minimum absolute atomic E-state index is 0.0728. The molecular formula is C13H16F3NO2. The Morgan fingerprint density at radius 1 is 1.21 bits per heavy atom. The number of nitrogens with one attached hydrogen (secondary N) is 1. The van der Waals surface area contributed by atoms with Crippen molar-refractivity contribution in [1.82, 2.24) is 0 Å². The van der Waals surface area contributed by atoms with E-state index in [0.717, 1.165) is 36.4 Å². The minimum Gasteiger partial charge on any atom is -0.491 e. The van der Waals surface area contributed by atoms with Crippen LogP contribution in [0.25, 0.3) is 0 Å². The smallest absolute Gasteiger partial charge is 0.411 e. The average Bonchev–Trinajstić information content (AvgIpc) is 2.37. The Hall–Kier alpha value is -1.43. The average molecular weight is 275 g/mol. The highest BCUT2D eigenvalue weighted by Gasteiger charge is 2.27. The van der Waals surface area contributed by atoms with Gasteiger partial charge in [-0.15, -0.1) is 0 Å². The van der Waals surface area contributed by atoms with Gasteiger partial charge >= 0.3 is 6.18 Å². The Bertz CT molecular complexity index is 421. The van der Waals surface area contributed by atoms with Gasteiger partial charge in [0.25, 0.3) is 0 Å². The first-order chi connectivity index (χ1) is 9.06. The van der Waals surface area contributed by atoms with Crippen LogP contribution < -0.4 is 10.1 Å². The van der Waals surface area contributed by atoms with E-state index in [9.17, 15) is 13.2 Å². The van der Waals surface area contributed by atoms with Gasteiger partial charge in [0, 0.05) is 17.8 Å². The molecule has 0 saturated carbocycles. The molecule has 1 aromatic rings. The van der Waals surface area contributed by atoms with E-state index >= 15 is 0 Å². The topological polar surface area (TPSA) is 30.5 Å². The van der Waals surface area contributed by atoms with Crippen molar-refractivity contribution in [2.45, 2.75) is 19.0 Å². The maximum Gasteiger partial charge on any atom is 0.411 e. The number of halogens is 3. The lowest BCUT2D eigenvalue weighted by Gasteiger charge is -2.21. The van der Waals surface area contributed by atoms with E-state index in [4.69, 9.17) is 4.74 Å². The summed E-state index contributed by atoms with van der Waals surface area (Å²) >= 11 is 0. The van der Waals surface area contributed by atoms with Gasteiger partial charge in [0.2, 0.25) is 0 Å². The molecule has 1 aliphatic rings. The van der Waals surface area contributed by atoms with E-state index in [1.54, 1.807) is 0 Å². The molecule has 6 heteroatoms. The second-order valence-electron chi connectivity index (χ2n) is 4.33. The van der Waals surface area contributed by atoms with Gasteiger partial charge in [0.1, 0.15) is 19.0 Å². The second kappa shape index (κ2) is 6.14. The Labute approximate surface area is 109 Å². The number of hydrogen-bond acceptors (Lipinski definition) is 3. The molecule has 0 bridgehead atoms. The van der Waals surface area contributed by atoms with Gasteiger partial charge in [-0.3, -0.25) is 0 Å². The lowest BCUT2D eigenvalue weighted by molar-refractivity contribution is -0.175. The predicted octanol–water partition coefficient (Wildman–Crippen LogP) is 3.00. The number of hydrogen-bond donors (Lipinski definition) is 1. The van der Waals surface area contributed by atoms with E-state index in [1.807, 2.05) is 18.2 Å². The zero-order chi connectivity index (χ0) is 13.7. The van der Waals surface area contributed by atoms with Crippen molar-refractivity contribution in [3.05, 3.63) is 23.8 Å². The Morgan fingerprint density at radius 2 is 2.05 bits per heavy atom. The number of anilines is 1. The largest absolute Gasteiger partial charge is 0.491 e. The molecule has 0 aliphatic carbocycles. The lowest BCUT2D eigenvalue weighted by atomic mass is 10.0. The molecule has 0 unspecified atom stereocenters. The lowest BCUT2D eigenvalue weighted by Crippen LogP contribution is -2.20. The van der Waals surface area contributed by atoms with Crippen LogP contribution in [-0.4, -0.2) is 32.5 Å². The van der Waals surface area contributed by atoms with Crippen molar-refractivity contribution in [2.75, 3.05) is 31.7 Å². The third-order valence-electron chi connectivity index (χ3n) is 2.80. The molecule has 106 valence electrons. The van der Waals surface area contributed by atoms with E-state index in [2.05, 4.69) is 10.1 Å². The van der Waals surface area contributed by atoms with Crippen LogP contribution >= 0.6 is 0 Å². The summed E-state index contributed by atoms with van der Waals surface area (Å²) < 4.78 is 45.6. The summed E-state index contributed by atoms with van der Waals surface area (Å²) in [5.41, 5.74) is 2.13. The Balaban J connectivity index is 1.80. The van der Waals surface area contributed by atoms with E-state index in [1.165, 1.54) is 0 Å². The zero-order valence-electron chi connectivity index (χ0n) is 10.4. The van der Waals surface area contributed by atoms with Crippen molar-refractivity contribution in [1.29, 1.82) is 0 Å². The number of benzene rings is 1. The summed E-state index contributed by atoms with van der Waals surface area (Å²) in [6, 6.07) is 5.67. The van der Waals surface area contributed by atoms with Crippen LogP contribution in [0.3, 0.4) is 0 Å². The van der Waals surface area contributed by atoms with Gasteiger partial charge in [-0.25, -0.2) is 0 Å². The molecule has 0 aromatic heterocycles. The van der Waals surface area contributed by atoms with Gasteiger partial charge < -0.3 is 14.8 Å². The fraction of sp³-hybridized carbons (Fsp3) is 0.538. The molecule has 1 aliphatic heterocycles. The molecule has 1 aromatic carbocycles. The van der Waals surface area contributed by atoms with Crippen molar-refractivity contribution in [3.8, 4) is 5.75 Å². The maximum atomic E-state index is 11.9. The van der Waals surface area contributed by atoms with Gasteiger partial charge in [-0.05, 0) is 25.0 Å². The highest BCUT2D eigenvalue weighted by atomic mass is 19.4. The van der Waals surface area contributed by atoms with Crippen LogP contribution in [0, 0.1) is 0 Å². The number of ether oxygens (including phenoxy) is 2. The van der Waals surface area contributed by atoms with Crippen molar-refractivity contribution in [2.24, 2.45) is 0 Å². The predicted molar refractivity (Wildman–Crippen MR) is 65.6 cm³/mol. The molecule has 1 heterocycles. The number of fused-ring (bicyclic) bond motifs is 1. The molecular weight excluding hydrogens is 259 g/mol. The molecule has 0 saturated heterocycles. The molecule has 0 radical (unpaired) electrons. The third kappa shape index (κ3) is 4.31. The molecule has 2 rings (SSSR count). The van der Waals surface area contributed by atoms with E-state index < -0.39 is 12.8 Å². The molecule has 19 heavy (non-hydrogen) atoms. The fourth-order valence-corrected chi connectivity index (χ4v) is 2.01. The van der Waals surface area contributed by atoms with Crippen molar-refractivity contribution in [3.63, 3.8) is 0 Å². The highest BCUT2D eigenvalue weighted by Crippen LogP contribution is 2.30. The van der Waals surface area contributed by atoms with Crippen LogP contribution in [0.15, 0.2) is 18.2 Å².